The second-order valence-corrected chi connectivity index (χ2v) is 5.25. The first-order valence-corrected chi connectivity index (χ1v) is 7.09. The number of hydrogen-bond acceptors (Lipinski definition) is 5. The molecular formula is C13H15NO5S. The van der Waals surface area contributed by atoms with Gasteiger partial charge in [-0.2, -0.15) is 0 Å². The zero-order chi connectivity index (χ0) is 14.5. The van der Waals surface area contributed by atoms with Crippen LogP contribution < -0.4 is 9.47 Å². The summed E-state index contributed by atoms with van der Waals surface area (Å²) >= 11 is 1.45. The summed E-state index contributed by atoms with van der Waals surface area (Å²) in [6.07, 6.45) is -0.521. The molecule has 1 aliphatic rings. The molecule has 6 nitrogen and oxygen atoms in total. The van der Waals surface area contributed by atoms with Crippen molar-refractivity contribution in [3.8, 4) is 11.5 Å². The highest BCUT2D eigenvalue weighted by atomic mass is 32.2. The van der Waals surface area contributed by atoms with Crippen LogP contribution in [-0.4, -0.2) is 46.9 Å². The van der Waals surface area contributed by atoms with E-state index >= 15 is 0 Å². The van der Waals surface area contributed by atoms with Crippen LogP contribution in [0, 0.1) is 0 Å². The number of carbonyl (C=O) groups excluding carboxylic acids is 1. The maximum Gasteiger partial charge on any atom is 0.312 e. The minimum Gasteiger partial charge on any atom is -0.493 e. The van der Waals surface area contributed by atoms with Crippen LogP contribution in [0.5, 0.6) is 11.5 Å². The number of carboxylic acids is 1. The summed E-state index contributed by atoms with van der Waals surface area (Å²) in [5.74, 6) is 0.240. The molecule has 1 saturated heterocycles. The average molecular weight is 297 g/mol. The maximum atomic E-state index is 11.8. The number of rotatable bonds is 5. The van der Waals surface area contributed by atoms with Crippen molar-refractivity contribution in [2.75, 3.05) is 19.4 Å². The summed E-state index contributed by atoms with van der Waals surface area (Å²) in [5, 5.41) is 8.69. The molecule has 7 heteroatoms. The Morgan fingerprint density at radius 1 is 1.40 bits per heavy atom. The lowest BCUT2D eigenvalue weighted by atomic mass is 10.3. The molecule has 1 heterocycles. The van der Waals surface area contributed by atoms with Crippen LogP contribution in [0.4, 0.5) is 0 Å². The highest BCUT2D eigenvalue weighted by Gasteiger charge is 2.32. The summed E-state index contributed by atoms with van der Waals surface area (Å²) in [7, 11) is 1.54. The first-order chi connectivity index (χ1) is 9.61. The largest absolute Gasteiger partial charge is 0.493 e. The molecule has 0 saturated carbocycles. The number of thioether (sulfide) groups is 1. The lowest BCUT2D eigenvalue weighted by Crippen LogP contribution is -2.39. The van der Waals surface area contributed by atoms with Gasteiger partial charge in [0.05, 0.1) is 7.11 Å². The van der Waals surface area contributed by atoms with E-state index in [0.717, 1.165) is 0 Å². The Morgan fingerprint density at radius 3 is 2.75 bits per heavy atom. The van der Waals surface area contributed by atoms with Gasteiger partial charge in [-0.25, -0.2) is 0 Å². The van der Waals surface area contributed by atoms with Gasteiger partial charge >= 0.3 is 5.97 Å². The van der Waals surface area contributed by atoms with Gasteiger partial charge in [0.1, 0.15) is 6.42 Å². The minimum atomic E-state index is -1.14. The normalized spacial score (nSPS) is 17.9. The van der Waals surface area contributed by atoms with E-state index in [9.17, 15) is 9.59 Å². The zero-order valence-corrected chi connectivity index (χ0v) is 11.8. The second-order valence-electron chi connectivity index (χ2n) is 4.10. The van der Waals surface area contributed by atoms with Crippen LogP contribution in [-0.2, 0) is 9.59 Å². The Bertz CT molecular complexity index is 507. The van der Waals surface area contributed by atoms with Gasteiger partial charge in [0, 0.05) is 12.3 Å². The predicted octanol–water partition coefficient (Wildman–Crippen LogP) is 1.41. The van der Waals surface area contributed by atoms with Crippen LogP contribution in [0.1, 0.15) is 6.42 Å². The molecule has 1 amide bonds. The van der Waals surface area contributed by atoms with Gasteiger partial charge < -0.3 is 14.6 Å². The first kappa shape index (κ1) is 14.5. The summed E-state index contributed by atoms with van der Waals surface area (Å²) in [5.41, 5.74) is -0.516. The van der Waals surface area contributed by atoms with E-state index in [1.54, 1.807) is 18.2 Å². The van der Waals surface area contributed by atoms with Crippen molar-refractivity contribution >= 4 is 23.6 Å². The number of ether oxygens (including phenoxy) is 2. The van der Waals surface area contributed by atoms with E-state index in [-0.39, 0.29) is 0 Å². The second kappa shape index (κ2) is 6.51. The third-order valence-electron chi connectivity index (χ3n) is 2.77. The van der Waals surface area contributed by atoms with Gasteiger partial charge in [0.25, 0.3) is 0 Å². The van der Waals surface area contributed by atoms with E-state index in [2.05, 4.69) is 0 Å². The molecule has 0 radical (unpaired) electrons. The Hall–Kier alpha value is -1.89. The van der Waals surface area contributed by atoms with Crippen LogP contribution in [0.15, 0.2) is 24.3 Å². The minimum absolute atomic E-state index is 0.442. The number of nitrogens with zero attached hydrogens (tertiary/aromatic N) is 1. The molecule has 1 atom stereocenters. The van der Waals surface area contributed by atoms with E-state index < -0.39 is 23.9 Å². The zero-order valence-electron chi connectivity index (χ0n) is 10.9. The third-order valence-corrected chi connectivity index (χ3v) is 3.82. The Morgan fingerprint density at radius 2 is 2.10 bits per heavy atom. The molecule has 1 aromatic rings. The summed E-state index contributed by atoms with van der Waals surface area (Å²) < 4.78 is 10.9. The number of amides is 1. The van der Waals surface area contributed by atoms with Crippen molar-refractivity contribution in [2.45, 2.75) is 12.0 Å². The molecule has 1 unspecified atom stereocenters. The van der Waals surface area contributed by atoms with Crippen molar-refractivity contribution in [1.82, 2.24) is 4.90 Å². The molecule has 1 fully saturated rings. The number of carboxylic acid groups (broad SMARTS) is 1. The lowest BCUT2D eigenvalue weighted by molar-refractivity contribution is -0.145. The van der Waals surface area contributed by atoms with Crippen molar-refractivity contribution in [3.05, 3.63) is 24.3 Å². The molecule has 1 aliphatic heterocycles. The molecule has 0 bridgehead atoms. The Kier molecular flexibility index (Phi) is 4.73. The molecule has 0 aromatic heterocycles. The summed E-state index contributed by atoms with van der Waals surface area (Å²) in [6.45, 7) is 0.483. The highest BCUT2D eigenvalue weighted by Crippen LogP contribution is 2.32. The van der Waals surface area contributed by atoms with Gasteiger partial charge in [-0.3, -0.25) is 14.5 Å². The van der Waals surface area contributed by atoms with E-state index in [1.165, 1.54) is 23.8 Å². The van der Waals surface area contributed by atoms with Crippen molar-refractivity contribution in [3.63, 3.8) is 0 Å². The fraction of sp³-hybridized carbons (Fsp3) is 0.385. The summed E-state index contributed by atoms with van der Waals surface area (Å²) in [4.78, 5) is 23.9. The van der Waals surface area contributed by atoms with Gasteiger partial charge in [0.15, 0.2) is 11.5 Å². The fourth-order valence-electron chi connectivity index (χ4n) is 1.84. The number of carbonyl (C=O) groups is 2. The average Bonchev–Trinajstić information content (AvgIpc) is 2.87. The van der Waals surface area contributed by atoms with Crippen LogP contribution in [0.2, 0.25) is 0 Å². The number of aliphatic carboxylic acids is 1. The van der Waals surface area contributed by atoms with Crippen LogP contribution >= 0.6 is 11.8 Å². The standard InChI is InChI=1S/C13H15NO5S/c1-18-9-4-2-3-5-10(9)19-13-14(6-7-20-13)11(15)8-12(16)17/h2-5,13H,6-8H2,1H3,(H,16,17). The molecule has 108 valence electrons. The van der Waals surface area contributed by atoms with E-state index in [1.807, 2.05) is 6.07 Å². The third kappa shape index (κ3) is 3.36. The van der Waals surface area contributed by atoms with Gasteiger partial charge in [0.2, 0.25) is 11.5 Å². The highest BCUT2D eigenvalue weighted by molar-refractivity contribution is 8.00. The number of methoxy groups -OCH3 is 1. The van der Waals surface area contributed by atoms with Crippen LogP contribution in [0.3, 0.4) is 0 Å². The van der Waals surface area contributed by atoms with Gasteiger partial charge in [-0.1, -0.05) is 23.9 Å². The molecule has 0 spiro atoms. The van der Waals surface area contributed by atoms with E-state index in [0.29, 0.717) is 23.8 Å². The van der Waals surface area contributed by atoms with Crippen LogP contribution in [0.25, 0.3) is 0 Å². The molecule has 0 aliphatic carbocycles. The Balaban J connectivity index is 2.07. The maximum absolute atomic E-state index is 11.8. The van der Waals surface area contributed by atoms with E-state index in [4.69, 9.17) is 14.6 Å². The predicted molar refractivity (Wildman–Crippen MR) is 73.8 cm³/mol. The molecule has 1 aromatic carbocycles. The molecular weight excluding hydrogens is 282 g/mol. The van der Waals surface area contributed by atoms with Crippen molar-refractivity contribution < 1.29 is 24.2 Å². The molecule has 2 rings (SSSR count). The monoisotopic (exact) mass is 297 g/mol. The quantitative estimate of drug-likeness (QED) is 0.828. The Labute approximate surface area is 120 Å². The summed E-state index contributed by atoms with van der Waals surface area (Å²) in [6, 6.07) is 7.14. The van der Waals surface area contributed by atoms with Gasteiger partial charge in [-0.15, -0.1) is 0 Å². The van der Waals surface area contributed by atoms with Gasteiger partial charge in [-0.05, 0) is 12.1 Å². The number of hydrogen-bond donors (Lipinski definition) is 1. The lowest BCUT2D eigenvalue weighted by Gasteiger charge is -2.24. The van der Waals surface area contributed by atoms with Crippen molar-refractivity contribution in [2.24, 2.45) is 0 Å². The van der Waals surface area contributed by atoms with Crippen molar-refractivity contribution in [1.29, 1.82) is 0 Å². The fourth-order valence-corrected chi connectivity index (χ4v) is 2.92. The molecule has 1 N–H and O–H groups in total. The molecule has 20 heavy (non-hydrogen) atoms. The topological polar surface area (TPSA) is 76.1 Å². The first-order valence-electron chi connectivity index (χ1n) is 6.04. The number of benzene rings is 1. The SMILES string of the molecule is COc1ccccc1OC1SCCN1C(=O)CC(=O)O. The number of para-hydroxylation sites is 2. The smallest absolute Gasteiger partial charge is 0.312 e.